The summed E-state index contributed by atoms with van der Waals surface area (Å²) < 4.78 is 12.1. The Morgan fingerprint density at radius 1 is 0.931 bits per heavy atom. The lowest BCUT2D eigenvalue weighted by Gasteiger charge is -2.40. The van der Waals surface area contributed by atoms with E-state index in [0.717, 1.165) is 24.6 Å². The van der Waals surface area contributed by atoms with Gasteiger partial charge in [-0.3, -0.25) is 0 Å². The van der Waals surface area contributed by atoms with Crippen molar-refractivity contribution in [2.75, 3.05) is 18.0 Å². The average Bonchev–Trinajstić information content (AvgIpc) is 3.18. The lowest BCUT2D eigenvalue weighted by molar-refractivity contribution is -0.117. The molecule has 1 unspecified atom stereocenters. The molecule has 0 radical (unpaired) electrons. The molecule has 4 heteroatoms. The van der Waals surface area contributed by atoms with Crippen molar-refractivity contribution in [3.63, 3.8) is 0 Å². The van der Waals surface area contributed by atoms with Crippen molar-refractivity contribution in [2.24, 2.45) is 0 Å². The predicted molar refractivity (Wildman–Crippen MR) is 116 cm³/mol. The van der Waals surface area contributed by atoms with Crippen LogP contribution in [0.25, 0.3) is 0 Å². The number of hydrogen-bond acceptors (Lipinski definition) is 4. The minimum atomic E-state index is 0.213. The molecule has 1 saturated carbocycles. The lowest BCUT2D eigenvalue weighted by Crippen LogP contribution is -2.54. The quantitative estimate of drug-likeness (QED) is 0.605. The molecule has 1 aliphatic carbocycles. The van der Waals surface area contributed by atoms with Crippen LogP contribution in [-0.2, 0) is 4.79 Å². The van der Waals surface area contributed by atoms with Crippen molar-refractivity contribution in [1.82, 2.24) is 0 Å². The molecule has 1 atom stereocenters. The minimum absolute atomic E-state index is 0.213. The van der Waals surface area contributed by atoms with Gasteiger partial charge in [-0.15, -0.1) is 0 Å². The van der Waals surface area contributed by atoms with Gasteiger partial charge in [-0.1, -0.05) is 19.1 Å². The smallest absolute Gasteiger partial charge is 0.133 e. The van der Waals surface area contributed by atoms with E-state index < -0.39 is 0 Å². The molecule has 2 aromatic carbocycles. The summed E-state index contributed by atoms with van der Waals surface area (Å²) in [4.78, 5) is 13.6. The van der Waals surface area contributed by atoms with Crippen LogP contribution in [0.3, 0.4) is 0 Å². The highest BCUT2D eigenvalue weighted by Crippen LogP contribution is 2.29. The summed E-state index contributed by atoms with van der Waals surface area (Å²) in [6.45, 7) is 5.52. The SMILES string of the molecule is CC(=O)CC(C)c1ccc(OC2CN(c3ccc(OC4CCCC4)cc3)C2)cc1. The third kappa shape index (κ3) is 5.11. The van der Waals surface area contributed by atoms with Gasteiger partial charge < -0.3 is 19.2 Å². The summed E-state index contributed by atoms with van der Waals surface area (Å²) in [6.07, 6.45) is 6.15. The number of anilines is 1. The van der Waals surface area contributed by atoms with Gasteiger partial charge in [0.05, 0.1) is 19.2 Å². The number of hydrogen-bond donors (Lipinski definition) is 0. The number of benzene rings is 2. The second-order valence-corrected chi connectivity index (χ2v) is 8.54. The molecule has 154 valence electrons. The highest BCUT2D eigenvalue weighted by Gasteiger charge is 2.28. The van der Waals surface area contributed by atoms with E-state index in [-0.39, 0.29) is 17.8 Å². The number of ether oxygens (including phenoxy) is 2. The van der Waals surface area contributed by atoms with Crippen molar-refractivity contribution in [2.45, 2.75) is 64.1 Å². The van der Waals surface area contributed by atoms with E-state index in [1.54, 1.807) is 6.92 Å². The molecule has 2 aromatic rings. The fraction of sp³-hybridized carbons (Fsp3) is 0.480. The van der Waals surface area contributed by atoms with Gasteiger partial charge >= 0.3 is 0 Å². The molecule has 0 amide bonds. The Morgan fingerprint density at radius 2 is 1.48 bits per heavy atom. The predicted octanol–water partition coefficient (Wildman–Crippen LogP) is 5.36. The zero-order chi connectivity index (χ0) is 20.2. The van der Waals surface area contributed by atoms with Crippen molar-refractivity contribution in [3.05, 3.63) is 54.1 Å². The summed E-state index contributed by atoms with van der Waals surface area (Å²) in [5.74, 6) is 2.36. The largest absolute Gasteiger partial charge is 0.490 e. The Morgan fingerprint density at radius 3 is 2.07 bits per heavy atom. The fourth-order valence-electron chi connectivity index (χ4n) is 4.27. The Bertz CT molecular complexity index is 803. The van der Waals surface area contributed by atoms with Gasteiger partial charge in [-0.2, -0.15) is 0 Å². The third-order valence-electron chi connectivity index (χ3n) is 6.00. The van der Waals surface area contributed by atoms with Crippen LogP contribution in [0.4, 0.5) is 5.69 Å². The van der Waals surface area contributed by atoms with Gasteiger partial charge in [0.15, 0.2) is 0 Å². The van der Waals surface area contributed by atoms with Gasteiger partial charge in [-0.25, -0.2) is 0 Å². The number of carbonyl (C=O) groups is 1. The molecule has 0 N–H and O–H groups in total. The lowest BCUT2D eigenvalue weighted by atomic mass is 9.96. The zero-order valence-electron chi connectivity index (χ0n) is 17.5. The van der Waals surface area contributed by atoms with Crippen molar-refractivity contribution in [3.8, 4) is 11.5 Å². The Labute approximate surface area is 173 Å². The van der Waals surface area contributed by atoms with Gasteiger partial charge in [0.1, 0.15) is 23.4 Å². The topological polar surface area (TPSA) is 38.8 Å². The van der Waals surface area contributed by atoms with E-state index in [2.05, 4.69) is 48.2 Å². The summed E-state index contributed by atoms with van der Waals surface area (Å²) in [7, 11) is 0. The van der Waals surface area contributed by atoms with Gasteiger partial charge in [0.2, 0.25) is 0 Å². The molecule has 4 rings (SSSR count). The number of Topliss-reactive ketones (excluding diaryl/α,β-unsaturated/α-hetero) is 1. The molecule has 29 heavy (non-hydrogen) atoms. The molecule has 2 fully saturated rings. The van der Waals surface area contributed by atoms with Crippen molar-refractivity contribution >= 4 is 11.5 Å². The minimum Gasteiger partial charge on any atom is -0.490 e. The van der Waals surface area contributed by atoms with Crippen LogP contribution < -0.4 is 14.4 Å². The van der Waals surface area contributed by atoms with Crippen LogP contribution in [-0.4, -0.2) is 31.1 Å². The second-order valence-electron chi connectivity index (χ2n) is 8.54. The maximum absolute atomic E-state index is 11.3. The normalized spacial score (nSPS) is 18.3. The van der Waals surface area contributed by atoms with Crippen LogP contribution in [0.2, 0.25) is 0 Å². The molecule has 1 heterocycles. The first-order valence-corrected chi connectivity index (χ1v) is 10.8. The van der Waals surface area contributed by atoms with Crippen molar-refractivity contribution < 1.29 is 14.3 Å². The van der Waals surface area contributed by atoms with Crippen LogP contribution in [0.5, 0.6) is 11.5 Å². The van der Waals surface area contributed by atoms with E-state index >= 15 is 0 Å². The molecule has 0 aromatic heterocycles. The van der Waals surface area contributed by atoms with E-state index in [4.69, 9.17) is 9.47 Å². The summed E-state index contributed by atoms with van der Waals surface area (Å²) in [5.41, 5.74) is 2.40. The molecule has 0 spiro atoms. The van der Waals surface area contributed by atoms with Crippen LogP contribution >= 0.6 is 0 Å². The average molecular weight is 394 g/mol. The Hall–Kier alpha value is -2.49. The second kappa shape index (κ2) is 8.89. The van der Waals surface area contributed by atoms with Crippen LogP contribution in [0.15, 0.2) is 48.5 Å². The van der Waals surface area contributed by atoms with Gasteiger partial charge in [0, 0.05) is 12.1 Å². The first-order chi connectivity index (χ1) is 14.1. The van der Waals surface area contributed by atoms with E-state index in [0.29, 0.717) is 12.5 Å². The number of carbonyl (C=O) groups excluding carboxylic acids is 1. The summed E-state index contributed by atoms with van der Waals surface area (Å²) >= 11 is 0. The molecule has 1 aliphatic heterocycles. The van der Waals surface area contributed by atoms with E-state index in [9.17, 15) is 4.79 Å². The summed E-state index contributed by atoms with van der Waals surface area (Å²) in [5, 5.41) is 0. The zero-order valence-corrected chi connectivity index (χ0v) is 17.5. The molecule has 0 bridgehead atoms. The van der Waals surface area contributed by atoms with E-state index in [1.807, 2.05) is 12.1 Å². The third-order valence-corrected chi connectivity index (χ3v) is 6.00. The molecule has 4 nitrogen and oxygen atoms in total. The van der Waals surface area contributed by atoms with Gasteiger partial charge in [-0.05, 0) is 80.5 Å². The molecule has 1 saturated heterocycles. The number of nitrogens with zero attached hydrogens (tertiary/aromatic N) is 1. The van der Waals surface area contributed by atoms with Gasteiger partial charge in [0.25, 0.3) is 0 Å². The highest BCUT2D eigenvalue weighted by atomic mass is 16.5. The number of ketones is 1. The maximum Gasteiger partial charge on any atom is 0.133 e. The maximum atomic E-state index is 11.3. The Balaban J connectivity index is 1.24. The van der Waals surface area contributed by atoms with Crippen LogP contribution in [0, 0.1) is 0 Å². The van der Waals surface area contributed by atoms with E-state index in [1.165, 1.54) is 36.9 Å². The molecular formula is C25H31NO3. The Kier molecular flexibility index (Phi) is 6.08. The standard InChI is InChI=1S/C25H31NO3/c1-18(15-19(2)27)20-7-11-23(12-8-20)29-25-16-26(17-25)21-9-13-24(14-10-21)28-22-5-3-4-6-22/h7-14,18,22,25H,3-6,15-17H2,1-2H3. The number of rotatable bonds is 8. The first kappa shape index (κ1) is 19.8. The van der Waals surface area contributed by atoms with Crippen molar-refractivity contribution in [1.29, 1.82) is 0 Å². The fourth-order valence-corrected chi connectivity index (χ4v) is 4.27. The highest BCUT2D eigenvalue weighted by molar-refractivity contribution is 5.76. The molecule has 2 aliphatic rings. The van der Waals surface area contributed by atoms with Crippen LogP contribution in [0.1, 0.15) is 57.4 Å². The molecular weight excluding hydrogens is 362 g/mol. The summed E-state index contributed by atoms with van der Waals surface area (Å²) in [6, 6.07) is 16.6. The monoisotopic (exact) mass is 393 g/mol. The first-order valence-electron chi connectivity index (χ1n) is 10.8.